The zero-order valence-electron chi connectivity index (χ0n) is 33.5. The molecule has 15 heteroatoms. The second-order valence-electron chi connectivity index (χ2n) is 17.4. The van der Waals surface area contributed by atoms with Crippen molar-refractivity contribution in [1.29, 1.82) is 0 Å². The van der Waals surface area contributed by atoms with Crippen LogP contribution in [-0.2, 0) is 23.8 Å². The zero-order valence-corrected chi connectivity index (χ0v) is 33.5. The predicted molar refractivity (Wildman–Crippen MR) is 211 cm³/mol. The summed E-state index contributed by atoms with van der Waals surface area (Å²) in [5.41, 5.74) is 12.4. The van der Waals surface area contributed by atoms with Crippen molar-refractivity contribution >= 4 is 34.3 Å². The van der Waals surface area contributed by atoms with E-state index in [1.165, 1.54) is 44.6 Å². The Labute approximate surface area is 330 Å². The average Bonchev–Trinajstić information content (AvgIpc) is 3.81. The van der Waals surface area contributed by atoms with Gasteiger partial charge in [0.2, 0.25) is 11.4 Å². The Morgan fingerprint density at radius 2 is 1.66 bits per heavy atom. The molecule has 0 spiro atoms. The van der Waals surface area contributed by atoms with Gasteiger partial charge in [0.05, 0.1) is 37.0 Å². The summed E-state index contributed by atoms with van der Waals surface area (Å²) in [6, 6.07) is 2.48. The van der Waals surface area contributed by atoms with Crippen molar-refractivity contribution in [3.05, 3.63) is 22.2 Å². The summed E-state index contributed by atoms with van der Waals surface area (Å²) in [6.45, 7) is 8.27. The lowest BCUT2D eigenvalue weighted by Crippen LogP contribution is -2.56. The fourth-order valence-electron chi connectivity index (χ4n) is 11.5. The molecule has 4 unspecified atom stereocenters. The number of ether oxygens (including phenoxy) is 3. The van der Waals surface area contributed by atoms with Gasteiger partial charge in [-0.25, -0.2) is 4.63 Å². The van der Waals surface area contributed by atoms with Crippen molar-refractivity contribution in [2.24, 2.45) is 51.9 Å². The molecule has 312 valence electrons. The Bertz CT molecular complexity index is 1630. The van der Waals surface area contributed by atoms with Crippen molar-refractivity contribution in [2.45, 2.75) is 122 Å². The lowest BCUT2D eigenvalue weighted by Gasteiger charge is -2.61. The van der Waals surface area contributed by atoms with Crippen LogP contribution in [-0.4, -0.2) is 85.3 Å². The summed E-state index contributed by atoms with van der Waals surface area (Å²) in [5, 5.41) is 25.9. The highest BCUT2D eigenvalue weighted by molar-refractivity contribution is 5.95. The molecular weight excluding hydrogens is 718 g/mol. The molecule has 9 atom stereocenters. The van der Waals surface area contributed by atoms with Gasteiger partial charge in [0.25, 0.3) is 0 Å². The maximum atomic E-state index is 13.9. The summed E-state index contributed by atoms with van der Waals surface area (Å²) < 4.78 is 21.0. The first-order chi connectivity index (χ1) is 27.1. The fraction of sp³-hybridized carbons (Fsp3) is 0.805. The van der Waals surface area contributed by atoms with E-state index in [4.69, 9.17) is 30.3 Å². The predicted octanol–water partition coefficient (Wildman–Crippen LogP) is 5.89. The molecule has 4 aliphatic carbocycles. The number of unbranched alkanes of at least 4 members (excludes halogenated alkanes) is 1. The molecular formula is C41H65N7O8. The summed E-state index contributed by atoms with van der Waals surface area (Å²) in [4.78, 5) is 37.4. The Hall–Kier alpha value is -3.40. The molecule has 4 fully saturated rings. The second-order valence-corrected chi connectivity index (χ2v) is 17.4. The second kappa shape index (κ2) is 19.4. The third-order valence-electron chi connectivity index (χ3n) is 14.5. The van der Waals surface area contributed by atoms with Crippen molar-refractivity contribution in [3.8, 4) is 0 Å². The number of nitro groups is 1. The third-order valence-corrected chi connectivity index (χ3v) is 14.5. The number of benzene rings is 1. The normalized spacial score (nSPS) is 30.2. The zero-order chi connectivity index (χ0) is 39.7. The Morgan fingerprint density at radius 1 is 0.911 bits per heavy atom. The fourth-order valence-corrected chi connectivity index (χ4v) is 11.5. The maximum Gasteiger partial charge on any atom is 0.305 e. The van der Waals surface area contributed by atoms with E-state index in [1.807, 2.05) is 0 Å². The van der Waals surface area contributed by atoms with Crippen molar-refractivity contribution in [1.82, 2.24) is 15.6 Å². The van der Waals surface area contributed by atoms with Crippen LogP contribution in [0.15, 0.2) is 16.8 Å². The van der Waals surface area contributed by atoms with Crippen LogP contribution in [0.2, 0.25) is 0 Å². The van der Waals surface area contributed by atoms with Crippen LogP contribution < -0.4 is 22.1 Å². The lowest BCUT2D eigenvalue weighted by atomic mass is 9.44. The molecule has 15 nitrogen and oxygen atoms in total. The van der Waals surface area contributed by atoms with E-state index in [-0.39, 0.29) is 46.7 Å². The Morgan fingerprint density at radius 3 is 2.45 bits per heavy atom. The van der Waals surface area contributed by atoms with Crippen LogP contribution in [0.4, 0.5) is 11.4 Å². The standard InChI is InChI=1S/C41H65N7O8/c1-40-18-16-32-30(31(40)12-10-27(40)6-5-8-36(49)55-25-24-54-23-22-53-21-20-43)11-9-28-26-29(15-17-41(28,32)2)44-39(50)34(7-3-4-19-42)45-33-13-14-35(48(51)52)38-37(33)46-56-47-38/h13-14,27-32,34,45H,3-12,15-26,42-43H2,1-2H3,(H,44,50)/t27?,28-,29-,30?,31?,32?,34+,40-,41+/m1/s1. The summed E-state index contributed by atoms with van der Waals surface area (Å²) in [5.74, 6) is 3.23. The number of hydrogen-bond acceptors (Lipinski definition) is 13. The number of fused-ring (bicyclic) bond motifs is 6. The highest BCUT2D eigenvalue weighted by atomic mass is 16.6. The Kier molecular flexibility index (Phi) is 14.6. The number of aromatic nitrogens is 2. The van der Waals surface area contributed by atoms with Gasteiger partial charge >= 0.3 is 11.7 Å². The first-order valence-electron chi connectivity index (χ1n) is 21.3. The third kappa shape index (κ3) is 9.48. The average molecular weight is 784 g/mol. The number of esters is 1. The monoisotopic (exact) mass is 783 g/mol. The number of non-ortho nitro benzene ring substituents is 1. The molecule has 1 amide bonds. The topological polar surface area (TPSA) is 220 Å². The number of amides is 1. The molecule has 4 aliphatic rings. The molecule has 56 heavy (non-hydrogen) atoms. The Balaban J connectivity index is 0.987. The van der Waals surface area contributed by atoms with Crippen LogP contribution in [0.5, 0.6) is 0 Å². The van der Waals surface area contributed by atoms with Gasteiger partial charge < -0.3 is 36.3 Å². The van der Waals surface area contributed by atoms with Crippen LogP contribution in [0.3, 0.4) is 0 Å². The van der Waals surface area contributed by atoms with Gasteiger partial charge in [0, 0.05) is 25.1 Å². The largest absolute Gasteiger partial charge is 0.463 e. The molecule has 4 saturated carbocycles. The molecule has 0 aliphatic heterocycles. The van der Waals surface area contributed by atoms with Crippen LogP contribution in [0, 0.1) is 50.5 Å². The number of nitrogens with one attached hydrogen (secondary N) is 2. The van der Waals surface area contributed by atoms with Gasteiger partial charge in [-0.15, -0.1) is 0 Å². The number of nitro benzene ring substituents is 1. The maximum absolute atomic E-state index is 13.9. The minimum atomic E-state index is -0.554. The number of anilines is 1. The molecule has 6 rings (SSSR count). The van der Waals surface area contributed by atoms with Gasteiger partial charge in [-0.3, -0.25) is 19.7 Å². The number of carbonyl (C=O) groups is 2. The van der Waals surface area contributed by atoms with E-state index in [0.29, 0.717) is 81.2 Å². The number of nitrogens with two attached hydrogens (primary N) is 2. The van der Waals surface area contributed by atoms with E-state index >= 15 is 0 Å². The number of rotatable bonds is 21. The van der Waals surface area contributed by atoms with E-state index in [1.54, 1.807) is 6.07 Å². The van der Waals surface area contributed by atoms with Gasteiger partial charge in [-0.05, 0) is 153 Å². The smallest absolute Gasteiger partial charge is 0.305 e. The molecule has 0 bridgehead atoms. The molecule has 1 aromatic heterocycles. The van der Waals surface area contributed by atoms with Crippen LogP contribution in [0.1, 0.15) is 110 Å². The number of hydrogen-bond donors (Lipinski definition) is 4. The molecule has 1 aromatic carbocycles. The van der Waals surface area contributed by atoms with E-state index in [2.05, 4.69) is 34.8 Å². The first-order valence-corrected chi connectivity index (χ1v) is 21.3. The van der Waals surface area contributed by atoms with Gasteiger partial charge in [0.15, 0.2) is 5.52 Å². The first kappa shape index (κ1) is 42.2. The highest BCUT2D eigenvalue weighted by Gasteiger charge is 2.60. The van der Waals surface area contributed by atoms with E-state index in [0.717, 1.165) is 56.8 Å². The summed E-state index contributed by atoms with van der Waals surface area (Å²) in [7, 11) is 0. The molecule has 2 aromatic rings. The van der Waals surface area contributed by atoms with Gasteiger partial charge in [-0.2, -0.15) is 0 Å². The van der Waals surface area contributed by atoms with Crippen LogP contribution >= 0.6 is 0 Å². The molecule has 6 N–H and O–H groups in total. The summed E-state index contributed by atoms with van der Waals surface area (Å²) >= 11 is 0. The number of nitrogens with zero attached hydrogens (tertiary/aromatic N) is 3. The van der Waals surface area contributed by atoms with Crippen LogP contribution in [0.25, 0.3) is 11.0 Å². The van der Waals surface area contributed by atoms with E-state index < -0.39 is 11.0 Å². The van der Waals surface area contributed by atoms with Gasteiger partial charge in [-0.1, -0.05) is 13.8 Å². The SMILES string of the molecule is C[C@]12CCC3C(CC[C@@H]4C[C@H](NC(=O)[C@H](CCCCN)Nc5ccc([N+](=O)[O-])c6nonc56)CC[C@]34C)C1CCC2CCCC(=O)OCCOCCOCCN. The molecule has 1 heterocycles. The number of carbonyl (C=O) groups excluding carboxylic acids is 2. The quantitative estimate of drug-likeness (QED) is 0.0503. The van der Waals surface area contributed by atoms with E-state index in [9.17, 15) is 19.7 Å². The molecule has 0 radical (unpaired) electrons. The minimum absolute atomic E-state index is 0.0523. The minimum Gasteiger partial charge on any atom is -0.463 e. The van der Waals surface area contributed by atoms with Crippen molar-refractivity contribution in [3.63, 3.8) is 0 Å². The van der Waals surface area contributed by atoms with Crippen molar-refractivity contribution in [2.75, 3.05) is 51.4 Å². The highest BCUT2D eigenvalue weighted by Crippen LogP contribution is 2.68. The van der Waals surface area contributed by atoms with Crippen molar-refractivity contribution < 1.29 is 33.4 Å². The van der Waals surface area contributed by atoms with Gasteiger partial charge in [0.1, 0.15) is 12.6 Å². The molecule has 0 saturated heterocycles. The summed E-state index contributed by atoms with van der Waals surface area (Å²) in [6.07, 6.45) is 15.2. The lowest BCUT2D eigenvalue weighted by molar-refractivity contribution is -0.383.